The van der Waals surface area contributed by atoms with Crippen LogP contribution in [0.3, 0.4) is 0 Å². The fourth-order valence-corrected chi connectivity index (χ4v) is 18.0. The van der Waals surface area contributed by atoms with Gasteiger partial charge in [-0.25, -0.2) is 0 Å². The van der Waals surface area contributed by atoms with Crippen molar-refractivity contribution in [1.29, 1.82) is 0 Å². The second-order valence-electron chi connectivity index (χ2n) is 31.0. The Morgan fingerprint density at radius 1 is 0.241 bits per heavy atom. The van der Waals surface area contributed by atoms with Crippen LogP contribution >= 0.6 is 0 Å². The van der Waals surface area contributed by atoms with Gasteiger partial charge in [0.2, 0.25) is 0 Å². The van der Waals surface area contributed by atoms with Crippen molar-refractivity contribution in [2.24, 2.45) is 0 Å². The maximum atomic E-state index is 6.93. The Labute approximate surface area is 673 Å². The molecular formula is C108H80N6O2. The first-order valence-corrected chi connectivity index (χ1v) is 40.0. The van der Waals surface area contributed by atoms with Crippen molar-refractivity contribution in [2.45, 2.75) is 39.0 Å². The molecule has 0 atom stereocenters. The summed E-state index contributed by atoms with van der Waals surface area (Å²) in [5.41, 5.74) is 29.8. The first kappa shape index (κ1) is 69.1. The molecule has 1 aliphatic rings. The minimum absolute atomic E-state index is 0.250. The highest BCUT2D eigenvalue weighted by molar-refractivity contribution is 6.26. The summed E-state index contributed by atoms with van der Waals surface area (Å²) in [6, 6.07) is 146. The fraction of sp³-hybridized carbons (Fsp3) is 0.0556. The molecule has 4 heterocycles. The molecule has 0 aliphatic heterocycles. The van der Waals surface area contributed by atoms with Crippen LogP contribution in [0.15, 0.2) is 415 Å². The predicted molar refractivity (Wildman–Crippen MR) is 487 cm³/mol. The van der Waals surface area contributed by atoms with Crippen molar-refractivity contribution in [1.82, 2.24) is 9.13 Å². The van der Waals surface area contributed by atoms with E-state index >= 15 is 0 Å². The van der Waals surface area contributed by atoms with Gasteiger partial charge in [-0.2, -0.15) is 0 Å². The van der Waals surface area contributed by atoms with Crippen LogP contribution in [0.25, 0.3) is 110 Å². The van der Waals surface area contributed by atoms with Crippen LogP contribution in [-0.4, -0.2) is 9.13 Å². The van der Waals surface area contributed by atoms with Crippen LogP contribution in [0.5, 0.6) is 0 Å². The molecule has 17 aromatic carbocycles. The van der Waals surface area contributed by atoms with Gasteiger partial charge in [0.1, 0.15) is 22.3 Å². The van der Waals surface area contributed by atoms with Crippen LogP contribution in [0.1, 0.15) is 50.3 Å². The molecule has 0 fully saturated rings. The Bertz CT molecular complexity index is 7100. The monoisotopic (exact) mass is 1490 g/mol. The second kappa shape index (κ2) is 28.4. The average molecular weight is 1490 g/mol. The standard InChI is InChI=1S/C57H41N3O.C51H39N3O/c1-57(2)50-36-43(59(40-21-11-5-12-22-40)41-23-13-6-14-24-41)27-30-45(50)46-31-28-44(37-51(46)57)60-52-33-29-42(58(38-17-7-3-8-18-38)39-19-9-4-10-20-39)35-49(52)55-53(60)34-32-48-47-25-15-16-26-54(47)61-56(48)55;1-35(2)36-26-28-44-45-29-31-48-50(51(45)55-49(44)32-36)46-34-43(53(39-20-11-5-12-21-39)40-22-13-6-14-23-40)27-30-47(46)54(48)42-25-15-24-41(33-42)52(37-16-7-3-8-17-37)38-18-9-4-10-19-38/h3-37H,1-2H3;3-35H,1-2H3. The van der Waals surface area contributed by atoms with E-state index in [-0.39, 0.29) is 5.41 Å². The van der Waals surface area contributed by atoms with Crippen LogP contribution in [0.2, 0.25) is 0 Å². The number of hydrogen-bond donors (Lipinski definition) is 0. The Balaban J connectivity index is 0.000000146. The first-order valence-electron chi connectivity index (χ1n) is 40.0. The molecule has 0 saturated carbocycles. The lowest BCUT2D eigenvalue weighted by atomic mass is 9.82. The minimum atomic E-state index is -0.250. The van der Waals surface area contributed by atoms with Crippen molar-refractivity contribution in [3.8, 4) is 22.5 Å². The molecule has 0 saturated heterocycles. The molecule has 8 heteroatoms. The molecule has 22 rings (SSSR count). The molecule has 1 aliphatic carbocycles. The minimum Gasteiger partial charge on any atom is -0.455 e. The molecule has 116 heavy (non-hydrogen) atoms. The van der Waals surface area contributed by atoms with E-state index in [1.54, 1.807) is 0 Å². The molecule has 0 unspecified atom stereocenters. The predicted octanol–water partition coefficient (Wildman–Crippen LogP) is 30.7. The molecule has 21 aromatic rings. The van der Waals surface area contributed by atoms with Gasteiger partial charge in [-0.05, 0) is 246 Å². The number of benzene rings is 17. The van der Waals surface area contributed by atoms with E-state index in [1.165, 1.54) is 27.8 Å². The van der Waals surface area contributed by atoms with Crippen molar-refractivity contribution >= 4 is 156 Å². The normalized spacial score (nSPS) is 12.3. The zero-order valence-corrected chi connectivity index (χ0v) is 64.8. The van der Waals surface area contributed by atoms with E-state index in [1.807, 2.05) is 0 Å². The third-order valence-electron chi connectivity index (χ3n) is 23.4. The number of nitrogens with zero attached hydrogens (tertiary/aromatic N) is 6. The van der Waals surface area contributed by atoms with E-state index in [2.05, 4.69) is 463 Å². The summed E-state index contributed by atoms with van der Waals surface area (Å²) < 4.78 is 18.6. The van der Waals surface area contributed by atoms with Gasteiger partial charge in [0.15, 0.2) is 0 Å². The Morgan fingerprint density at radius 2 is 0.569 bits per heavy atom. The molecular weight excluding hydrogens is 1410 g/mol. The summed E-state index contributed by atoms with van der Waals surface area (Å²) in [5.74, 6) is 0.405. The van der Waals surface area contributed by atoms with Crippen LogP contribution in [0, 0.1) is 0 Å². The zero-order chi connectivity index (χ0) is 77.5. The van der Waals surface area contributed by atoms with E-state index in [0.29, 0.717) is 5.92 Å². The van der Waals surface area contributed by atoms with Gasteiger partial charge < -0.3 is 37.6 Å². The molecule has 0 bridgehead atoms. The molecule has 8 nitrogen and oxygen atoms in total. The summed E-state index contributed by atoms with van der Waals surface area (Å²) in [6.45, 7) is 9.21. The number of furan rings is 2. The quantitative estimate of drug-likeness (QED) is 0.102. The van der Waals surface area contributed by atoms with Crippen LogP contribution in [0.4, 0.5) is 68.2 Å². The third kappa shape index (κ3) is 11.7. The van der Waals surface area contributed by atoms with Crippen LogP contribution < -0.4 is 19.6 Å². The van der Waals surface area contributed by atoms with Gasteiger partial charge >= 0.3 is 0 Å². The molecule has 554 valence electrons. The summed E-state index contributed by atoms with van der Waals surface area (Å²) in [7, 11) is 0. The maximum Gasteiger partial charge on any atom is 0.145 e. The van der Waals surface area contributed by atoms with E-state index in [4.69, 9.17) is 8.83 Å². The van der Waals surface area contributed by atoms with Gasteiger partial charge in [-0.3, -0.25) is 0 Å². The molecule has 4 aromatic heterocycles. The smallest absolute Gasteiger partial charge is 0.145 e. The summed E-state index contributed by atoms with van der Waals surface area (Å²) >= 11 is 0. The maximum absolute atomic E-state index is 6.93. The highest BCUT2D eigenvalue weighted by Crippen LogP contribution is 2.54. The number of para-hydroxylation sites is 9. The highest BCUT2D eigenvalue weighted by atomic mass is 16.3. The first-order chi connectivity index (χ1) is 57.1. The van der Waals surface area contributed by atoms with E-state index in [9.17, 15) is 0 Å². The topological polar surface area (TPSA) is 49.1 Å². The molecule has 0 amide bonds. The van der Waals surface area contributed by atoms with Crippen LogP contribution in [-0.2, 0) is 5.41 Å². The largest absolute Gasteiger partial charge is 0.455 e. The Kier molecular flexibility index (Phi) is 16.9. The third-order valence-corrected chi connectivity index (χ3v) is 23.4. The lowest BCUT2D eigenvalue weighted by Gasteiger charge is -2.28. The lowest BCUT2D eigenvalue weighted by Crippen LogP contribution is -2.17. The second-order valence-corrected chi connectivity index (χ2v) is 31.0. The van der Waals surface area contributed by atoms with Gasteiger partial charge in [0, 0.05) is 117 Å². The summed E-state index contributed by atoms with van der Waals surface area (Å²) in [5, 5.41) is 9.00. The average Bonchev–Trinajstić information content (AvgIpc) is 1.56. The fourth-order valence-electron chi connectivity index (χ4n) is 18.0. The molecule has 0 radical (unpaired) electrons. The highest BCUT2D eigenvalue weighted by Gasteiger charge is 2.37. The zero-order valence-electron chi connectivity index (χ0n) is 64.8. The van der Waals surface area contributed by atoms with Gasteiger partial charge in [-0.1, -0.05) is 222 Å². The molecule has 0 N–H and O–H groups in total. The SMILES string of the molecule is CC(C)c1ccc2c(c1)oc1c2ccc2c1c1cc(N(c3ccccc3)c3ccccc3)ccc1n2-c1cccc(N(c2ccccc2)c2ccccc2)c1.CC1(C)c2cc(N(c3ccccc3)c3ccccc3)ccc2-c2ccc(-n3c4ccc(N(c5ccccc5)c5ccccc5)cc4c4c5oc6ccccc6c5ccc43)cc21. The number of aromatic nitrogens is 2. The summed E-state index contributed by atoms with van der Waals surface area (Å²) in [6.07, 6.45) is 0. The number of hydrogen-bond acceptors (Lipinski definition) is 6. The molecule has 0 spiro atoms. The number of anilines is 12. The van der Waals surface area contributed by atoms with Gasteiger partial charge in [-0.15, -0.1) is 0 Å². The summed E-state index contributed by atoms with van der Waals surface area (Å²) in [4.78, 5) is 9.33. The Hall–Kier alpha value is -14.9. The lowest BCUT2D eigenvalue weighted by molar-refractivity contribution is 0.660. The van der Waals surface area contributed by atoms with E-state index in [0.717, 1.165) is 167 Å². The van der Waals surface area contributed by atoms with Crippen molar-refractivity contribution in [3.63, 3.8) is 0 Å². The van der Waals surface area contributed by atoms with Gasteiger partial charge in [0.25, 0.3) is 0 Å². The van der Waals surface area contributed by atoms with Crippen molar-refractivity contribution < 1.29 is 8.83 Å². The number of fused-ring (bicyclic) bond motifs is 17. The van der Waals surface area contributed by atoms with Gasteiger partial charge in [0.05, 0.1) is 32.8 Å². The van der Waals surface area contributed by atoms with Crippen molar-refractivity contribution in [3.05, 3.63) is 423 Å². The van der Waals surface area contributed by atoms with Crippen molar-refractivity contribution in [2.75, 3.05) is 19.6 Å². The Morgan fingerprint density at radius 3 is 1.00 bits per heavy atom. The van der Waals surface area contributed by atoms with E-state index < -0.39 is 0 Å². The number of rotatable bonds is 15.